The van der Waals surface area contributed by atoms with Crippen LogP contribution in [0.1, 0.15) is 61.0 Å². The second kappa shape index (κ2) is 10.9. The molecule has 0 aliphatic heterocycles. The number of sulfonamides is 1. The maximum Gasteiger partial charge on any atom is 0.251 e. The number of hydrogen-bond acceptors (Lipinski definition) is 4. The Morgan fingerprint density at radius 2 is 1.65 bits per heavy atom. The summed E-state index contributed by atoms with van der Waals surface area (Å²) in [5.41, 5.74) is 2.59. The highest BCUT2D eigenvalue weighted by molar-refractivity contribution is 7.89. The van der Waals surface area contributed by atoms with Crippen LogP contribution in [0.3, 0.4) is 0 Å². The van der Waals surface area contributed by atoms with Gasteiger partial charge in [-0.3, -0.25) is 9.69 Å². The molecule has 2 aromatic rings. The second-order valence-electron chi connectivity index (χ2n) is 8.09. The topological polar surface area (TPSA) is 78.5 Å². The minimum absolute atomic E-state index is 0.00724. The molecule has 1 amide bonds. The lowest BCUT2D eigenvalue weighted by molar-refractivity contribution is 0.0950. The predicted octanol–water partition coefficient (Wildman–Crippen LogP) is 3.68. The highest BCUT2D eigenvalue weighted by Gasteiger charge is 2.23. The van der Waals surface area contributed by atoms with Gasteiger partial charge < -0.3 is 5.32 Å². The molecule has 0 heterocycles. The van der Waals surface area contributed by atoms with Crippen LogP contribution in [0, 0.1) is 0 Å². The molecule has 2 N–H and O–H groups in total. The first-order valence-corrected chi connectivity index (χ1v) is 12.6. The van der Waals surface area contributed by atoms with Crippen molar-refractivity contribution < 1.29 is 13.2 Å². The third kappa shape index (κ3) is 6.63. The Morgan fingerprint density at radius 3 is 2.29 bits per heavy atom. The summed E-state index contributed by atoms with van der Waals surface area (Å²) in [5, 5.41) is 2.89. The smallest absolute Gasteiger partial charge is 0.251 e. The molecule has 0 bridgehead atoms. The van der Waals surface area contributed by atoms with Crippen LogP contribution in [-0.2, 0) is 23.1 Å². The van der Waals surface area contributed by atoms with Crippen LogP contribution in [0.5, 0.6) is 0 Å². The van der Waals surface area contributed by atoms with Crippen LogP contribution in [0.15, 0.2) is 53.4 Å². The molecule has 2 aromatic carbocycles. The van der Waals surface area contributed by atoms with Crippen molar-refractivity contribution in [3.63, 3.8) is 0 Å². The van der Waals surface area contributed by atoms with Crippen molar-refractivity contribution in [1.29, 1.82) is 0 Å². The lowest BCUT2D eigenvalue weighted by Crippen LogP contribution is -2.32. The van der Waals surface area contributed by atoms with E-state index in [9.17, 15) is 13.2 Å². The van der Waals surface area contributed by atoms with E-state index in [1.807, 2.05) is 12.1 Å². The predicted molar refractivity (Wildman–Crippen MR) is 123 cm³/mol. The van der Waals surface area contributed by atoms with Crippen molar-refractivity contribution in [2.45, 2.75) is 63.6 Å². The first-order valence-electron chi connectivity index (χ1n) is 11.1. The summed E-state index contributed by atoms with van der Waals surface area (Å²) >= 11 is 0. The molecule has 1 saturated carbocycles. The molecule has 31 heavy (non-hydrogen) atoms. The molecule has 168 valence electrons. The van der Waals surface area contributed by atoms with Crippen LogP contribution in [0.2, 0.25) is 0 Å². The highest BCUT2D eigenvalue weighted by atomic mass is 32.2. The van der Waals surface area contributed by atoms with Gasteiger partial charge in [0.25, 0.3) is 5.91 Å². The van der Waals surface area contributed by atoms with Crippen LogP contribution >= 0.6 is 0 Å². The number of nitrogens with zero attached hydrogens (tertiary/aromatic N) is 1. The molecule has 0 atom stereocenters. The van der Waals surface area contributed by atoms with Gasteiger partial charge in [-0.25, -0.2) is 13.1 Å². The van der Waals surface area contributed by atoms with Gasteiger partial charge >= 0.3 is 0 Å². The SMILES string of the molecule is CCN(CC)Cc1ccc(CNC(=O)c2cccc(S(=O)(=O)NC3CCCC3)c2)cc1. The van der Waals surface area contributed by atoms with E-state index in [-0.39, 0.29) is 16.8 Å². The van der Waals surface area contributed by atoms with Crippen LogP contribution in [0.4, 0.5) is 0 Å². The van der Waals surface area contributed by atoms with Crippen molar-refractivity contribution in [3.8, 4) is 0 Å². The molecular formula is C24H33N3O3S. The maximum atomic E-state index is 12.6. The lowest BCUT2D eigenvalue weighted by Gasteiger charge is -2.18. The standard InChI is InChI=1S/C24H33N3O3S/c1-3-27(4-2)18-20-14-12-19(13-15-20)17-25-24(28)21-8-7-11-23(16-21)31(29,30)26-22-9-5-6-10-22/h7-8,11-16,22,26H,3-6,9-10,17-18H2,1-2H3,(H,25,28). The van der Waals surface area contributed by atoms with Gasteiger partial charge in [-0.2, -0.15) is 0 Å². The van der Waals surface area contributed by atoms with Crippen molar-refractivity contribution in [1.82, 2.24) is 14.9 Å². The van der Waals surface area contributed by atoms with Crippen molar-refractivity contribution in [3.05, 3.63) is 65.2 Å². The molecule has 3 rings (SSSR count). The Labute approximate surface area is 186 Å². The Kier molecular flexibility index (Phi) is 8.23. The van der Waals surface area contributed by atoms with Gasteiger partial charge in [-0.05, 0) is 55.3 Å². The molecule has 0 aromatic heterocycles. The molecule has 0 spiro atoms. The normalized spacial score (nSPS) is 14.8. The Morgan fingerprint density at radius 1 is 1.00 bits per heavy atom. The Hall–Kier alpha value is -2.22. The van der Waals surface area contributed by atoms with E-state index in [1.54, 1.807) is 12.1 Å². The number of amides is 1. The first-order chi connectivity index (χ1) is 14.9. The number of carbonyl (C=O) groups excluding carboxylic acids is 1. The summed E-state index contributed by atoms with van der Waals surface area (Å²) in [5.74, 6) is -0.287. The van der Waals surface area contributed by atoms with E-state index in [0.29, 0.717) is 12.1 Å². The monoisotopic (exact) mass is 443 g/mol. The van der Waals surface area contributed by atoms with E-state index < -0.39 is 10.0 Å². The number of benzene rings is 2. The third-order valence-corrected chi connectivity index (χ3v) is 7.38. The molecule has 0 saturated heterocycles. The summed E-state index contributed by atoms with van der Waals surface area (Å²) in [6.07, 6.45) is 3.83. The van der Waals surface area contributed by atoms with Gasteiger partial charge in [0.1, 0.15) is 0 Å². The zero-order valence-electron chi connectivity index (χ0n) is 18.4. The molecule has 1 aliphatic carbocycles. The minimum atomic E-state index is -3.62. The van der Waals surface area contributed by atoms with Crippen molar-refractivity contribution in [2.24, 2.45) is 0 Å². The van der Waals surface area contributed by atoms with Crippen molar-refractivity contribution >= 4 is 15.9 Å². The molecule has 1 fully saturated rings. The van der Waals surface area contributed by atoms with Gasteiger partial charge in [0.15, 0.2) is 0 Å². The van der Waals surface area contributed by atoms with Gasteiger partial charge in [0.2, 0.25) is 10.0 Å². The minimum Gasteiger partial charge on any atom is -0.348 e. The van der Waals surface area contributed by atoms with Gasteiger partial charge in [0, 0.05) is 24.7 Å². The van der Waals surface area contributed by atoms with Crippen molar-refractivity contribution in [2.75, 3.05) is 13.1 Å². The summed E-state index contributed by atoms with van der Waals surface area (Å²) in [4.78, 5) is 15.1. The third-order valence-electron chi connectivity index (χ3n) is 5.86. The lowest BCUT2D eigenvalue weighted by atomic mass is 10.1. The average molecular weight is 444 g/mol. The van der Waals surface area contributed by atoms with E-state index >= 15 is 0 Å². The molecule has 0 radical (unpaired) electrons. The summed E-state index contributed by atoms with van der Waals surface area (Å²) in [7, 11) is -3.62. The zero-order chi connectivity index (χ0) is 22.3. The molecule has 6 nitrogen and oxygen atoms in total. The highest BCUT2D eigenvalue weighted by Crippen LogP contribution is 2.21. The largest absolute Gasteiger partial charge is 0.348 e. The van der Waals surface area contributed by atoms with Crippen LogP contribution < -0.4 is 10.0 Å². The fourth-order valence-corrected chi connectivity index (χ4v) is 5.24. The number of rotatable bonds is 10. The average Bonchev–Trinajstić information content (AvgIpc) is 3.29. The summed E-state index contributed by atoms with van der Waals surface area (Å²) in [6.45, 7) is 7.63. The first kappa shape index (κ1) is 23.4. The molecular weight excluding hydrogens is 410 g/mol. The van der Waals surface area contributed by atoms with E-state index in [0.717, 1.165) is 50.9 Å². The summed E-state index contributed by atoms with van der Waals surface area (Å²) in [6, 6.07) is 14.4. The Bertz CT molecular complexity index is 964. The fraction of sp³-hybridized carbons (Fsp3) is 0.458. The number of hydrogen-bond donors (Lipinski definition) is 2. The number of carbonyl (C=O) groups is 1. The van der Waals surface area contributed by atoms with Gasteiger partial charge in [-0.1, -0.05) is 57.0 Å². The second-order valence-corrected chi connectivity index (χ2v) is 9.81. The summed E-state index contributed by atoms with van der Waals surface area (Å²) < 4.78 is 28.1. The van der Waals surface area contributed by atoms with E-state index in [1.165, 1.54) is 17.7 Å². The number of nitrogens with one attached hydrogen (secondary N) is 2. The Balaban J connectivity index is 1.59. The zero-order valence-corrected chi connectivity index (χ0v) is 19.2. The molecule has 0 unspecified atom stereocenters. The van der Waals surface area contributed by atoms with Gasteiger partial charge in [-0.15, -0.1) is 0 Å². The van der Waals surface area contributed by atoms with E-state index in [2.05, 4.69) is 40.9 Å². The van der Waals surface area contributed by atoms with E-state index in [4.69, 9.17) is 0 Å². The maximum absolute atomic E-state index is 12.6. The molecule has 1 aliphatic rings. The van der Waals surface area contributed by atoms with Crippen LogP contribution in [-0.4, -0.2) is 38.4 Å². The molecule has 7 heteroatoms. The van der Waals surface area contributed by atoms with Crippen LogP contribution in [0.25, 0.3) is 0 Å². The quantitative estimate of drug-likeness (QED) is 0.587. The fourth-order valence-electron chi connectivity index (χ4n) is 3.89. The van der Waals surface area contributed by atoms with Gasteiger partial charge in [0.05, 0.1) is 4.90 Å².